The maximum atomic E-state index is 14.2. The summed E-state index contributed by atoms with van der Waals surface area (Å²) < 4.78 is 14.2. The van der Waals surface area contributed by atoms with Crippen molar-refractivity contribution >= 4 is 17.8 Å². The summed E-state index contributed by atoms with van der Waals surface area (Å²) in [5.41, 5.74) is -0.167. The summed E-state index contributed by atoms with van der Waals surface area (Å²) in [5, 5.41) is 12.4. The monoisotopic (exact) mass is 314 g/mol. The van der Waals surface area contributed by atoms with Crippen molar-refractivity contribution < 1.29 is 9.67 Å². The van der Waals surface area contributed by atoms with E-state index < -0.39 is 13.2 Å². The highest BCUT2D eigenvalue weighted by Crippen LogP contribution is 2.53. The molecule has 0 bridgehead atoms. The number of hydrogen-bond donors (Lipinski definition) is 1. The standard InChI is InChI=1S/C19H23O2P/c20-18-14-8-3-9-15-19(18)22(21,16-10-4-1-5-11-16)17-12-6-2-7-13-17/h1-2,4-7,10-13,18-20H,3,8-9,14-15H2/t18-,19-/m0/s1. The molecule has 0 aliphatic heterocycles. The normalized spacial score (nSPS) is 23.0. The Kier molecular flexibility index (Phi) is 4.81. The fourth-order valence-corrected chi connectivity index (χ4v) is 7.00. The van der Waals surface area contributed by atoms with Crippen molar-refractivity contribution in [3.63, 3.8) is 0 Å². The summed E-state index contributed by atoms with van der Waals surface area (Å²) in [4.78, 5) is 0. The third-order valence-electron chi connectivity index (χ3n) is 4.69. The highest BCUT2D eigenvalue weighted by Gasteiger charge is 2.40. The lowest BCUT2D eigenvalue weighted by molar-refractivity contribution is 0.160. The first-order valence-electron chi connectivity index (χ1n) is 8.12. The molecule has 0 radical (unpaired) electrons. The highest BCUT2D eigenvalue weighted by molar-refractivity contribution is 7.79. The van der Waals surface area contributed by atoms with Crippen molar-refractivity contribution in [2.45, 2.75) is 43.9 Å². The van der Waals surface area contributed by atoms with Gasteiger partial charge in [-0.2, -0.15) is 0 Å². The van der Waals surface area contributed by atoms with E-state index in [1.807, 2.05) is 60.7 Å². The average molecular weight is 314 g/mol. The smallest absolute Gasteiger partial charge is 0.148 e. The quantitative estimate of drug-likeness (QED) is 0.693. The van der Waals surface area contributed by atoms with Gasteiger partial charge >= 0.3 is 0 Å². The Morgan fingerprint density at radius 2 is 1.27 bits per heavy atom. The summed E-state index contributed by atoms with van der Waals surface area (Å²) in [6.45, 7) is 0. The van der Waals surface area contributed by atoms with Gasteiger partial charge in [0.15, 0.2) is 0 Å². The van der Waals surface area contributed by atoms with Crippen LogP contribution < -0.4 is 10.6 Å². The number of rotatable bonds is 3. The Balaban J connectivity index is 2.13. The molecule has 1 aliphatic rings. The van der Waals surface area contributed by atoms with Gasteiger partial charge in [0.2, 0.25) is 0 Å². The maximum Gasteiger partial charge on any atom is 0.148 e. The second-order valence-electron chi connectivity index (χ2n) is 6.10. The zero-order chi connectivity index (χ0) is 15.4. The van der Waals surface area contributed by atoms with Gasteiger partial charge in [-0.3, -0.25) is 0 Å². The van der Waals surface area contributed by atoms with Crippen molar-refractivity contribution in [1.29, 1.82) is 0 Å². The van der Waals surface area contributed by atoms with Gasteiger partial charge in [0.25, 0.3) is 0 Å². The SMILES string of the molecule is O=P(c1ccccc1)(c1ccccc1)[C@H]1CCCCC[C@@H]1O. The fraction of sp³-hybridized carbons (Fsp3) is 0.368. The first-order valence-corrected chi connectivity index (χ1v) is 9.89. The maximum absolute atomic E-state index is 14.2. The van der Waals surface area contributed by atoms with Crippen LogP contribution in [0.5, 0.6) is 0 Å². The first kappa shape index (κ1) is 15.5. The first-order chi connectivity index (χ1) is 10.7. The summed E-state index contributed by atoms with van der Waals surface area (Å²) in [5.74, 6) is 0. The summed E-state index contributed by atoms with van der Waals surface area (Å²) in [7, 11) is -2.83. The van der Waals surface area contributed by atoms with E-state index in [0.717, 1.165) is 42.7 Å². The molecule has 1 aliphatic carbocycles. The zero-order valence-electron chi connectivity index (χ0n) is 12.8. The summed E-state index contributed by atoms with van der Waals surface area (Å²) >= 11 is 0. The molecule has 0 unspecified atom stereocenters. The molecule has 22 heavy (non-hydrogen) atoms. The van der Waals surface area contributed by atoms with Gasteiger partial charge in [-0.1, -0.05) is 79.9 Å². The lowest BCUT2D eigenvalue weighted by atomic mass is 10.1. The van der Waals surface area contributed by atoms with Crippen LogP contribution in [0.2, 0.25) is 0 Å². The van der Waals surface area contributed by atoms with Crippen molar-refractivity contribution in [1.82, 2.24) is 0 Å². The topological polar surface area (TPSA) is 37.3 Å². The molecule has 3 rings (SSSR count). The van der Waals surface area contributed by atoms with Crippen molar-refractivity contribution in [3.8, 4) is 0 Å². The van der Waals surface area contributed by atoms with E-state index in [4.69, 9.17) is 0 Å². The van der Waals surface area contributed by atoms with E-state index in [1.165, 1.54) is 0 Å². The molecule has 2 nitrogen and oxygen atoms in total. The van der Waals surface area contributed by atoms with Crippen molar-refractivity contribution in [2.24, 2.45) is 0 Å². The van der Waals surface area contributed by atoms with Gasteiger partial charge in [-0.15, -0.1) is 0 Å². The van der Waals surface area contributed by atoms with E-state index in [9.17, 15) is 9.67 Å². The number of aliphatic hydroxyl groups is 1. The Bertz CT molecular complexity index is 595. The average Bonchev–Trinajstić information content (AvgIpc) is 2.80. The second-order valence-corrected chi connectivity index (χ2v) is 9.11. The van der Waals surface area contributed by atoms with Crippen LogP contribution in [0, 0.1) is 0 Å². The molecule has 0 spiro atoms. The Hall–Kier alpha value is -1.37. The highest BCUT2D eigenvalue weighted by atomic mass is 31.2. The van der Waals surface area contributed by atoms with Crippen molar-refractivity contribution in [3.05, 3.63) is 60.7 Å². The minimum atomic E-state index is -2.83. The largest absolute Gasteiger partial charge is 0.392 e. The zero-order valence-corrected chi connectivity index (χ0v) is 13.7. The van der Waals surface area contributed by atoms with Crippen molar-refractivity contribution in [2.75, 3.05) is 0 Å². The van der Waals surface area contributed by atoms with Gasteiger partial charge in [-0.05, 0) is 12.8 Å². The van der Waals surface area contributed by atoms with Gasteiger partial charge in [-0.25, -0.2) is 0 Å². The van der Waals surface area contributed by atoms with E-state index in [1.54, 1.807) is 0 Å². The molecule has 0 heterocycles. The van der Waals surface area contributed by atoms with Gasteiger partial charge in [0, 0.05) is 16.3 Å². The Labute approximate surface area is 132 Å². The molecule has 2 aromatic rings. The second kappa shape index (κ2) is 6.81. The predicted molar refractivity (Wildman–Crippen MR) is 92.6 cm³/mol. The third-order valence-corrected chi connectivity index (χ3v) is 8.36. The molecule has 2 aromatic carbocycles. The molecule has 116 valence electrons. The van der Waals surface area contributed by atoms with E-state index >= 15 is 0 Å². The van der Waals surface area contributed by atoms with Crippen LogP contribution in [0.1, 0.15) is 32.1 Å². The Morgan fingerprint density at radius 1 is 0.773 bits per heavy atom. The molecule has 0 amide bonds. The van der Waals surface area contributed by atoms with E-state index in [2.05, 4.69) is 0 Å². The Morgan fingerprint density at radius 3 is 1.82 bits per heavy atom. The molecular formula is C19H23O2P. The van der Waals surface area contributed by atoms with Gasteiger partial charge < -0.3 is 9.67 Å². The minimum Gasteiger partial charge on any atom is -0.392 e. The molecule has 1 saturated carbocycles. The van der Waals surface area contributed by atoms with Crippen LogP contribution in [0.25, 0.3) is 0 Å². The molecular weight excluding hydrogens is 291 g/mol. The van der Waals surface area contributed by atoms with Crippen LogP contribution in [-0.4, -0.2) is 16.9 Å². The van der Waals surface area contributed by atoms with Crippen LogP contribution >= 0.6 is 7.14 Å². The molecule has 3 heteroatoms. The number of benzene rings is 2. The summed E-state index contributed by atoms with van der Waals surface area (Å²) in [6, 6.07) is 19.4. The predicted octanol–water partition coefficient (Wildman–Crippen LogP) is 3.69. The lowest BCUT2D eigenvalue weighted by Gasteiger charge is -2.31. The van der Waals surface area contributed by atoms with Gasteiger partial charge in [0.05, 0.1) is 6.10 Å². The molecule has 0 saturated heterocycles. The minimum absolute atomic E-state index is 0.167. The van der Waals surface area contributed by atoms with E-state index in [-0.39, 0.29) is 5.66 Å². The van der Waals surface area contributed by atoms with Gasteiger partial charge in [0.1, 0.15) is 7.14 Å². The number of hydrogen-bond acceptors (Lipinski definition) is 2. The van der Waals surface area contributed by atoms with E-state index in [0.29, 0.717) is 0 Å². The lowest BCUT2D eigenvalue weighted by Crippen LogP contribution is -2.34. The number of aliphatic hydroxyl groups excluding tert-OH is 1. The molecule has 0 aromatic heterocycles. The molecule has 2 atom stereocenters. The van der Waals surface area contributed by atoms with Crippen LogP contribution in [0.15, 0.2) is 60.7 Å². The molecule has 1 fully saturated rings. The molecule has 1 N–H and O–H groups in total. The van der Waals surface area contributed by atoms with Crippen LogP contribution in [0.4, 0.5) is 0 Å². The fourth-order valence-electron chi connectivity index (χ4n) is 3.52. The van der Waals surface area contributed by atoms with Crippen LogP contribution in [-0.2, 0) is 4.57 Å². The summed E-state index contributed by atoms with van der Waals surface area (Å²) in [6.07, 6.45) is 4.31. The third kappa shape index (κ3) is 2.91. The van der Waals surface area contributed by atoms with Crippen LogP contribution in [0.3, 0.4) is 0 Å².